The van der Waals surface area contributed by atoms with Gasteiger partial charge in [0.2, 0.25) is 9.84 Å². The summed E-state index contributed by atoms with van der Waals surface area (Å²) in [6, 6.07) is 16.3. The number of hydrogen-bond donors (Lipinski definition) is 0. The van der Waals surface area contributed by atoms with Crippen molar-refractivity contribution in [3.8, 4) is 0 Å². The maximum Gasteiger partial charge on any atom is 0.208 e. The van der Waals surface area contributed by atoms with Gasteiger partial charge in [-0.15, -0.1) is 0 Å². The van der Waals surface area contributed by atoms with Gasteiger partial charge in [-0.25, -0.2) is 8.42 Å². The molecule has 0 radical (unpaired) electrons. The summed E-state index contributed by atoms with van der Waals surface area (Å²) in [5, 5.41) is 0.882. The highest BCUT2D eigenvalue weighted by Gasteiger charge is 2.18. The minimum absolute atomic E-state index is 0.247. The molecule has 0 unspecified atom stereocenters. The second kappa shape index (κ2) is 8.41. The first kappa shape index (κ1) is 19.1. The molecule has 0 aliphatic carbocycles. The van der Waals surface area contributed by atoms with Crippen LogP contribution in [0.25, 0.3) is 10.9 Å². The molecular formula is C23H26N2O2S. The molecule has 3 aromatic rings. The first-order valence-electron chi connectivity index (χ1n) is 10.0. The molecule has 0 saturated carbocycles. The Bertz CT molecular complexity index is 1040. The second-order valence-corrected chi connectivity index (χ2v) is 9.43. The lowest BCUT2D eigenvalue weighted by Gasteiger charge is -2.26. The molecule has 0 spiro atoms. The van der Waals surface area contributed by atoms with Gasteiger partial charge in [-0.2, -0.15) is 0 Å². The molecule has 1 saturated heterocycles. The zero-order chi connectivity index (χ0) is 19.4. The van der Waals surface area contributed by atoms with Crippen molar-refractivity contribution >= 4 is 20.7 Å². The monoisotopic (exact) mass is 394 g/mol. The molecule has 1 aliphatic heterocycles. The van der Waals surface area contributed by atoms with E-state index in [9.17, 15) is 8.42 Å². The van der Waals surface area contributed by atoms with Gasteiger partial charge in [-0.05, 0) is 69.1 Å². The average Bonchev–Trinajstić information content (AvgIpc) is 2.75. The van der Waals surface area contributed by atoms with Crippen molar-refractivity contribution in [3.63, 3.8) is 0 Å². The maximum atomic E-state index is 12.9. The third-order valence-electron chi connectivity index (χ3n) is 5.50. The lowest BCUT2D eigenvalue weighted by atomic mass is 10.0. The van der Waals surface area contributed by atoms with Crippen LogP contribution in [-0.4, -0.2) is 37.9 Å². The average molecular weight is 395 g/mol. The Kier molecular flexibility index (Phi) is 5.74. The summed E-state index contributed by atoms with van der Waals surface area (Å²) in [6.45, 7) is 3.56. The molecule has 146 valence electrons. The van der Waals surface area contributed by atoms with Crippen LogP contribution in [0.15, 0.2) is 70.6 Å². The molecule has 4 rings (SSSR count). The standard InChI is InChI=1S/C23H26N2O2S/c26-28(27,21-12-3-1-4-13-21)22-17-20-10-7-9-19(23(20)24-18-22)11-8-16-25-14-5-2-6-15-25/h1,3-4,7,9-10,12-13,17-18H,2,5-6,8,11,14-16H2. The smallest absolute Gasteiger partial charge is 0.208 e. The van der Waals surface area contributed by atoms with Gasteiger partial charge in [0.05, 0.1) is 15.3 Å². The van der Waals surface area contributed by atoms with Gasteiger partial charge in [0, 0.05) is 11.6 Å². The number of para-hydroxylation sites is 1. The van der Waals surface area contributed by atoms with E-state index in [1.54, 1.807) is 30.3 Å². The summed E-state index contributed by atoms with van der Waals surface area (Å²) in [5.41, 5.74) is 2.10. The molecule has 5 heteroatoms. The predicted octanol–water partition coefficient (Wildman–Crippen LogP) is 4.49. The van der Waals surface area contributed by atoms with Crippen molar-refractivity contribution in [3.05, 3.63) is 66.4 Å². The Morgan fingerprint density at radius 2 is 1.68 bits per heavy atom. The van der Waals surface area contributed by atoms with E-state index >= 15 is 0 Å². The quantitative estimate of drug-likeness (QED) is 0.618. The number of piperidine rings is 1. The molecule has 2 aromatic carbocycles. The van der Waals surface area contributed by atoms with E-state index in [2.05, 4.69) is 16.0 Å². The van der Waals surface area contributed by atoms with E-state index in [0.29, 0.717) is 4.90 Å². The van der Waals surface area contributed by atoms with E-state index < -0.39 is 9.84 Å². The predicted molar refractivity (Wildman–Crippen MR) is 112 cm³/mol. The number of hydrogen-bond acceptors (Lipinski definition) is 4. The van der Waals surface area contributed by atoms with Crippen molar-refractivity contribution in [2.45, 2.75) is 41.9 Å². The Hall–Kier alpha value is -2.24. The van der Waals surface area contributed by atoms with Gasteiger partial charge in [0.25, 0.3) is 0 Å². The van der Waals surface area contributed by atoms with Crippen LogP contribution in [-0.2, 0) is 16.3 Å². The highest BCUT2D eigenvalue weighted by molar-refractivity contribution is 7.91. The Morgan fingerprint density at radius 3 is 2.46 bits per heavy atom. The van der Waals surface area contributed by atoms with Gasteiger partial charge in [-0.3, -0.25) is 4.98 Å². The van der Waals surface area contributed by atoms with Gasteiger partial charge in [0.1, 0.15) is 0 Å². The number of sulfone groups is 1. The van der Waals surface area contributed by atoms with Gasteiger partial charge < -0.3 is 4.90 Å². The molecule has 4 nitrogen and oxygen atoms in total. The van der Waals surface area contributed by atoms with Gasteiger partial charge in [-0.1, -0.05) is 42.8 Å². The molecule has 2 heterocycles. The minimum Gasteiger partial charge on any atom is -0.303 e. The normalized spacial score (nSPS) is 15.7. The number of fused-ring (bicyclic) bond motifs is 1. The van der Waals surface area contributed by atoms with Crippen LogP contribution >= 0.6 is 0 Å². The number of benzene rings is 2. The summed E-state index contributed by atoms with van der Waals surface area (Å²) in [6.07, 6.45) is 7.55. The third kappa shape index (κ3) is 4.10. The number of likely N-dealkylation sites (tertiary alicyclic amines) is 1. The lowest BCUT2D eigenvalue weighted by Crippen LogP contribution is -2.30. The first-order valence-corrected chi connectivity index (χ1v) is 11.5. The minimum atomic E-state index is -3.54. The molecule has 0 atom stereocenters. The van der Waals surface area contributed by atoms with Crippen molar-refractivity contribution in [1.82, 2.24) is 9.88 Å². The SMILES string of the molecule is O=S(=O)(c1ccccc1)c1cnc2c(CCCN3CCCCC3)cccc2c1. The summed E-state index contributed by atoms with van der Waals surface area (Å²) in [4.78, 5) is 7.64. The summed E-state index contributed by atoms with van der Waals surface area (Å²) in [5.74, 6) is 0. The van der Waals surface area contributed by atoms with E-state index in [0.717, 1.165) is 30.3 Å². The number of aryl methyl sites for hydroxylation is 1. The summed E-state index contributed by atoms with van der Waals surface area (Å²) < 4.78 is 25.7. The molecule has 28 heavy (non-hydrogen) atoms. The van der Waals surface area contributed by atoms with Crippen molar-refractivity contribution in [1.29, 1.82) is 0 Å². The van der Waals surface area contributed by atoms with E-state index in [4.69, 9.17) is 0 Å². The topological polar surface area (TPSA) is 50.3 Å². The van der Waals surface area contributed by atoms with E-state index in [1.165, 1.54) is 44.1 Å². The molecule has 1 aromatic heterocycles. The molecule has 0 N–H and O–H groups in total. The fourth-order valence-electron chi connectivity index (χ4n) is 3.96. The lowest BCUT2D eigenvalue weighted by molar-refractivity contribution is 0.226. The number of pyridine rings is 1. The second-order valence-electron chi connectivity index (χ2n) is 7.48. The number of aromatic nitrogens is 1. The van der Waals surface area contributed by atoms with Crippen LogP contribution in [0.3, 0.4) is 0 Å². The van der Waals surface area contributed by atoms with Crippen LogP contribution in [0.4, 0.5) is 0 Å². The summed E-state index contributed by atoms with van der Waals surface area (Å²) in [7, 11) is -3.54. The van der Waals surface area contributed by atoms with E-state index in [-0.39, 0.29) is 4.90 Å². The van der Waals surface area contributed by atoms with Crippen molar-refractivity contribution in [2.24, 2.45) is 0 Å². The van der Waals surface area contributed by atoms with Crippen molar-refractivity contribution < 1.29 is 8.42 Å². The molecule has 0 amide bonds. The molecule has 1 aliphatic rings. The zero-order valence-corrected chi connectivity index (χ0v) is 16.9. The van der Waals surface area contributed by atoms with Crippen LogP contribution in [0.2, 0.25) is 0 Å². The largest absolute Gasteiger partial charge is 0.303 e. The highest BCUT2D eigenvalue weighted by atomic mass is 32.2. The van der Waals surface area contributed by atoms with Crippen LogP contribution < -0.4 is 0 Å². The van der Waals surface area contributed by atoms with Crippen molar-refractivity contribution in [2.75, 3.05) is 19.6 Å². The Labute approximate surface area is 167 Å². The number of nitrogens with zero attached hydrogens (tertiary/aromatic N) is 2. The zero-order valence-electron chi connectivity index (χ0n) is 16.0. The Morgan fingerprint density at radius 1 is 0.893 bits per heavy atom. The maximum absolute atomic E-state index is 12.9. The fraction of sp³-hybridized carbons (Fsp3) is 0.348. The molecule has 0 bridgehead atoms. The highest BCUT2D eigenvalue weighted by Crippen LogP contribution is 2.25. The van der Waals surface area contributed by atoms with Crippen LogP contribution in [0.1, 0.15) is 31.2 Å². The van der Waals surface area contributed by atoms with E-state index in [1.807, 2.05) is 18.2 Å². The number of rotatable bonds is 6. The molecular weight excluding hydrogens is 368 g/mol. The van der Waals surface area contributed by atoms with Crippen LogP contribution in [0, 0.1) is 0 Å². The molecule has 1 fully saturated rings. The third-order valence-corrected chi connectivity index (χ3v) is 7.24. The van der Waals surface area contributed by atoms with Gasteiger partial charge >= 0.3 is 0 Å². The Balaban J connectivity index is 1.54. The fourth-order valence-corrected chi connectivity index (χ4v) is 5.23. The van der Waals surface area contributed by atoms with Gasteiger partial charge in [0.15, 0.2) is 0 Å². The van der Waals surface area contributed by atoms with Crippen LogP contribution in [0.5, 0.6) is 0 Å². The summed E-state index contributed by atoms with van der Waals surface area (Å²) >= 11 is 0. The first-order chi connectivity index (χ1) is 13.6.